The molecule has 0 aromatic heterocycles. The van der Waals surface area contributed by atoms with E-state index in [-0.39, 0.29) is 24.1 Å². The molecule has 0 saturated heterocycles. The van der Waals surface area contributed by atoms with Crippen LogP contribution < -0.4 is 5.32 Å². The summed E-state index contributed by atoms with van der Waals surface area (Å²) in [5.41, 5.74) is 0.365. The SMILES string of the molecule is C=C(C)C(=O)NC(C)CCS(=O)(=O)O. The van der Waals surface area contributed by atoms with Crippen LogP contribution in [0, 0.1) is 0 Å². The van der Waals surface area contributed by atoms with Crippen molar-refractivity contribution in [3.8, 4) is 0 Å². The van der Waals surface area contributed by atoms with Gasteiger partial charge in [-0.15, -0.1) is 0 Å². The van der Waals surface area contributed by atoms with Crippen LogP contribution in [-0.4, -0.2) is 30.7 Å². The van der Waals surface area contributed by atoms with Crippen LogP contribution in [-0.2, 0) is 14.9 Å². The molecule has 0 bridgehead atoms. The minimum atomic E-state index is -3.95. The average Bonchev–Trinajstić information content (AvgIpc) is 1.99. The first kappa shape index (κ1) is 13.1. The van der Waals surface area contributed by atoms with E-state index in [4.69, 9.17) is 4.55 Å². The van der Waals surface area contributed by atoms with Crippen LogP contribution in [0.3, 0.4) is 0 Å². The van der Waals surface area contributed by atoms with Crippen molar-refractivity contribution in [3.63, 3.8) is 0 Å². The molecule has 0 heterocycles. The molecule has 6 heteroatoms. The monoisotopic (exact) mass is 221 g/mol. The Morgan fingerprint density at radius 3 is 2.43 bits per heavy atom. The fraction of sp³-hybridized carbons (Fsp3) is 0.625. The Labute approximate surface area is 83.9 Å². The van der Waals surface area contributed by atoms with Crippen LogP contribution in [0.5, 0.6) is 0 Å². The highest BCUT2D eigenvalue weighted by molar-refractivity contribution is 7.85. The number of carbonyl (C=O) groups excluding carboxylic acids is 1. The lowest BCUT2D eigenvalue weighted by Crippen LogP contribution is -2.34. The summed E-state index contributed by atoms with van der Waals surface area (Å²) in [7, 11) is -3.95. The zero-order valence-corrected chi connectivity index (χ0v) is 9.10. The lowest BCUT2D eigenvalue weighted by Gasteiger charge is -2.12. The van der Waals surface area contributed by atoms with Gasteiger partial charge in [-0.2, -0.15) is 8.42 Å². The maximum absolute atomic E-state index is 11.1. The first-order valence-electron chi connectivity index (χ1n) is 4.14. The quantitative estimate of drug-likeness (QED) is 0.518. The third kappa shape index (κ3) is 6.62. The zero-order chi connectivity index (χ0) is 11.4. The van der Waals surface area contributed by atoms with E-state index in [1.165, 1.54) is 0 Å². The van der Waals surface area contributed by atoms with Crippen LogP contribution in [0.25, 0.3) is 0 Å². The minimum absolute atomic E-state index is 0.178. The van der Waals surface area contributed by atoms with E-state index in [2.05, 4.69) is 11.9 Å². The van der Waals surface area contributed by atoms with E-state index >= 15 is 0 Å². The highest BCUT2D eigenvalue weighted by Crippen LogP contribution is 1.96. The molecule has 0 rings (SSSR count). The Hall–Kier alpha value is -0.880. The molecule has 0 saturated carbocycles. The Bertz CT molecular complexity index is 320. The number of hydrogen-bond donors (Lipinski definition) is 2. The maximum Gasteiger partial charge on any atom is 0.264 e. The predicted molar refractivity (Wildman–Crippen MR) is 53.5 cm³/mol. The first-order valence-corrected chi connectivity index (χ1v) is 5.75. The number of rotatable bonds is 5. The van der Waals surface area contributed by atoms with Crippen molar-refractivity contribution in [1.29, 1.82) is 0 Å². The van der Waals surface area contributed by atoms with Gasteiger partial charge in [0.1, 0.15) is 0 Å². The number of nitrogens with one attached hydrogen (secondary N) is 1. The van der Waals surface area contributed by atoms with E-state index in [1.54, 1.807) is 13.8 Å². The van der Waals surface area contributed by atoms with E-state index in [0.717, 1.165) is 0 Å². The van der Waals surface area contributed by atoms with Crippen LogP contribution in [0.4, 0.5) is 0 Å². The molecule has 14 heavy (non-hydrogen) atoms. The average molecular weight is 221 g/mol. The lowest BCUT2D eigenvalue weighted by molar-refractivity contribution is -0.118. The molecule has 2 N–H and O–H groups in total. The van der Waals surface area contributed by atoms with Crippen molar-refractivity contribution < 1.29 is 17.8 Å². The normalized spacial score (nSPS) is 13.4. The van der Waals surface area contributed by atoms with Gasteiger partial charge in [0, 0.05) is 11.6 Å². The van der Waals surface area contributed by atoms with Crippen molar-refractivity contribution in [2.45, 2.75) is 26.3 Å². The summed E-state index contributed by atoms with van der Waals surface area (Å²) >= 11 is 0. The second-order valence-corrected chi connectivity index (χ2v) is 4.80. The molecule has 0 aromatic carbocycles. The fourth-order valence-corrected chi connectivity index (χ4v) is 1.40. The van der Waals surface area contributed by atoms with E-state index < -0.39 is 10.1 Å². The summed E-state index contributed by atoms with van der Waals surface area (Å²) in [6.07, 6.45) is 0.178. The van der Waals surface area contributed by atoms with Crippen LogP contribution in [0.15, 0.2) is 12.2 Å². The molecule has 1 atom stereocenters. The third-order valence-electron chi connectivity index (χ3n) is 1.57. The fourth-order valence-electron chi connectivity index (χ4n) is 0.745. The van der Waals surface area contributed by atoms with Gasteiger partial charge in [0.2, 0.25) is 5.91 Å². The molecule has 0 spiro atoms. The summed E-state index contributed by atoms with van der Waals surface area (Å²) in [5, 5.41) is 2.54. The predicted octanol–water partition coefficient (Wildman–Crippen LogP) is 0.345. The van der Waals surface area contributed by atoms with Crippen molar-refractivity contribution in [3.05, 3.63) is 12.2 Å². The van der Waals surface area contributed by atoms with Crippen LogP contribution >= 0.6 is 0 Å². The molecular formula is C8H15NO4S. The van der Waals surface area contributed by atoms with Crippen LogP contribution in [0.1, 0.15) is 20.3 Å². The van der Waals surface area contributed by atoms with Gasteiger partial charge >= 0.3 is 0 Å². The van der Waals surface area contributed by atoms with Crippen LogP contribution in [0.2, 0.25) is 0 Å². The topological polar surface area (TPSA) is 83.5 Å². The molecule has 82 valence electrons. The van der Waals surface area contributed by atoms with Gasteiger partial charge in [0.05, 0.1) is 5.75 Å². The standard InChI is InChI=1S/C8H15NO4S/c1-6(2)8(10)9-7(3)4-5-14(11,12)13/h7H,1,4-5H2,2-3H3,(H,9,10)(H,11,12,13). The largest absolute Gasteiger partial charge is 0.350 e. The van der Waals surface area contributed by atoms with Gasteiger partial charge in [0.25, 0.3) is 10.1 Å². The molecule has 0 radical (unpaired) electrons. The number of amides is 1. The number of hydrogen-bond acceptors (Lipinski definition) is 3. The molecular weight excluding hydrogens is 206 g/mol. The van der Waals surface area contributed by atoms with Gasteiger partial charge in [0.15, 0.2) is 0 Å². The van der Waals surface area contributed by atoms with Crippen molar-refractivity contribution in [1.82, 2.24) is 5.32 Å². The molecule has 1 unspecified atom stereocenters. The maximum atomic E-state index is 11.1. The summed E-state index contributed by atoms with van der Waals surface area (Å²) in [6.45, 7) is 6.66. The van der Waals surface area contributed by atoms with Gasteiger partial charge in [-0.05, 0) is 20.3 Å². The Morgan fingerprint density at radius 2 is 2.07 bits per heavy atom. The van der Waals surface area contributed by atoms with E-state index in [1.807, 2.05) is 0 Å². The van der Waals surface area contributed by atoms with Gasteiger partial charge in [-0.1, -0.05) is 6.58 Å². The Morgan fingerprint density at radius 1 is 1.57 bits per heavy atom. The Kier molecular flexibility index (Phi) is 4.79. The Balaban J connectivity index is 3.94. The molecule has 0 aliphatic heterocycles. The first-order chi connectivity index (χ1) is 6.22. The van der Waals surface area contributed by atoms with Gasteiger partial charge in [-0.25, -0.2) is 0 Å². The second kappa shape index (κ2) is 5.11. The highest BCUT2D eigenvalue weighted by Gasteiger charge is 2.11. The zero-order valence-electron chi connectivity index (χ0n) is 8.28. The summed E-state index contributed by atoms with van der Waals surface area (Å²) in [6, 6.07) is -0.305. The second-order valence-electron chi connectivity index (χ2n) is 3.23. The lowest BCUT2D eigenvalue weighted by atomic mass is 10.2. The summed E-state index contributed by atoms with van der Waals surface area (Å²) in [5.74, 6) is -0.669. The smallest absolute Gasteiger partial charge is 0.264 e. The number of carbonyl (C=O) groups is 1. The molecule has 0 fully saturated rings. The summed E-state index contributed by atoms with van der Waals surface area (Å²) < 4.78 is 29.2. The third-order valence-corrected chi connectivity index (χ3v) is 2.33. The van der Waals surface area contributed by atoms with E-state index in [9.17, 15) is 13.2 Å². The summed E-state index contributed by atoms with van der Waals surface area (Å²) in [4.78, 5) is 11.1. The van der Waals surface area contributed by atoms with Crippen molar-refractivity contribution in [2.75, 3.05) is 5.75 Å². The van der Waals surface area contributed by atoms with Crippen molar-refractivity contribution >= 4 is 16.0 Å². The van der Waals surface area contributed by atoms with Crippen molar-refractivity contribution in [2.24, 2.45) is 0 Å². The van der Waals surface area contributed by atoms with Gasteiger partial charge in [-0.3, -0.25) is 9.35 Å². The highest BCUT2D eigenvalue weighted by atomic mass is 32.2. The molecule has 5 nitrogen and oxygen atoms in total. The molecule has 0 aliphatic carbocycles. The molecule has 0 aromatic rings. The molecule has 0 aliphatic rings. The minimum Gasteiger partial charge on any atom is -0.350 e. The van der Waals surface area contributed by atoms with Gasteiger partial charge < -0.3 is 5.32 Å². The molecule has 1 amide bonds. The van der Waals surface area contributed by atoms with E-state index in [0.29, 0.717) is 5.57 Å².